The lowest BCUT2D eigenvalue weighted by Crippen LogP contribution is -2.46. The number of hydrogen-bond donors (Lipinski definition) is 2. The summed E-state index contributed by atoms with van der Waals surface area (Å²) in [5.74, 6) is 0. The molecule has 0 saturated carbocycles. The molecule has 0 unspecified atom stereocenters. The lowest BCUT2D eigenvalue weighted by atomic mass is 9.92. The van der Waals surface area contributed by atoms with Gasteiger partial charge >= 0.3 is 0 Å². The van der Waals surface area contributed by atoms with Gasteiger partial charge in [0.2, 0.25) is 0 Å². The molecular weight excluding hydrogens is 422 g/mol. The van der Waals surface area contributed by atoms with Crippen LogP contribution in [0.25, 0.3) is 16.7 Å². The summed E-state index contributed by atoms with van der Waals surface area (Å²) in [6.45, 7) is 1.71. The molecule has 2 N–H and O–H groups in total. The predicted molar refractivity (Wildman–Crippen MR) is 103 cm³/mol. The van der Waals surface area contributed by atoms with Crippen molar-refractivity contribution < 1.29 is 5.11 Å². The third-order valence-corrected chi connectivity index (χ3v) is 5.92. The molecule has 0 bridgehead atoms. The van der Waals surface area contributed by atoms with Crippen molar-refractivity contribution in [3.8, 4) is 5.69 Å². The van der Waals surface area contributed by atoms with Crippen LogP contribution in [-0.2, 0) is 6.54 Å². The Morgan fingerprint density at radius 2 is 2.12 bits per heavy atom. The summed E-state index contributed by atoms with van der Waals surface area (Å²) in [5.41, 5.74) is 0.124. The van der Waals surface area contributed by atoms with Crippen LogP contribution in [-0.4, -0.2) is 43.1 Å². The maximum atomic E-state index is 12.8. The van der Waals surface area contributed by atoms with Gasteiger partial charge in [0.05, 0.1) is 29.1 Å². The van der Waals surface area contributed by atoms with Gasteiger partial charge in [-0.25, -0.2) is 9.67 Å². The predicted octanol–water partition coefficient (Wildman–Crippen LogP) is 2.11. The van der Waals surface area contributed by atoms with Crippen molar-refractivity contribution in [1.29, 1.82) is 0 Å². The third kappa shape index (κ3) is 3.18. The summed E-state index contributed by atoms with van der Waals surface area (Å²) in [6, 6.07) is 5.38. The van der Waals surface area contributed by atoms with Crippen LogP contribution in [0.3, 0.4) is 0 Å². The number of aromatic nitrogens is 4. The number of rotatable bonds is 3. The van der Waals surface area contributed by atoms with Gasteiger partial charge in [-0.05, 0) is 60.1 Å². The number of nitrogens with one attached hydrogen (secondary N) is 1. The lowest BCUT2D eigenvalue weighted by molar-refractivity contribution is -0.00627. The highest BCUT2D eigenvalue weighted by Gasteiger charge is 2.30. The number of aliphatic hydroxyl groups is 1. The van der Waals surface area contributed by atoms with Crippen LogP contribution >= 0.6 is 27.5 Å². The van der Waals surface area contributed by atoms with Gasteiger partial charge in [-0.15, -0.1) is 0 Å². The first-order valence-corrected chi connectivity index (χ1v) is 9.46. The average Bonchev–Trinajstić information content (AvgIpc) is 3.05. The van der Waals surface area contributed by atoms with Crippen LogP contribution < -0.4 is 10.9 Å². The first-order valence-electron chi connectivity index (χ1n) is 8.29. The van der Waals surface area contributed by atoms with Crippen molar-refractivity contribution in [1.82, 2.24) is 24.6 Å². The van der Waals surface area contributed by atoms with E-state index in [4.69, 9.17) is 11.6 Å². The summed E-state index contributed by atoms with van der Waals surface area (Å²) >= 11 is 9.43. The van der Waals surface area contributed by atoms with E-state index in [1.54, 1.807) is 10.7 Å². The second-order valence-electron chi connectivity index (χ2n) is 6.54. The Balaban J connectivity index is 1.73. The third-order valence-electron chi connectivity index (χ3n) is 4.70. The van der Waals surface area contributed by atoms with Crippen molar-refractivity contribution in [2.24, 2.45) is 0 Å². The molecule has 0 spiro atoms. The molecule has 3 heterocycles. The standard InChI is InChI=1S/C17H17BrClN5O2/c18-13-7-11(1-2-14(13)19)24-15-12(8-22-24)16(25)23(10-21-15)9-17(26)3-5-20-6-4-17/h1-2,7-8,10,20,26H,3-6,9H2. The number of halogens is 2. The lowest BCUT2D eigenvalue weighted by Gasteiger charge is -2.32. The molecule has 0 amide bonds. The molecule has 9 heteroatoms. The molecular formula is C17H17BrClN5O2. The van der Waals surface area contributed by atoms with E-state index >= 15 is 0 Å². The Hall–Kier alpha value is -1.74. The number of hydrogen-bond acceptors (Lipinski definition) is 5. The van der Waals surface area contributed by atoms with Gasteiger partial charge in [0, 0.05) is 4.47 Å². The monoisotopic (exact) mass is 437 g/mol. The maximum Gasteiger partial charge on any atom is 0.264 e. The number of nitrogens with zero attached hydrogens (tertiary/aromatic N) is 4. The van der Waals surface area contributed by atoms with Crippen molar-refractivity contribution in [2.75, 3.05) is 13.1 Å². The SMILES string of the molecule is O=c1c2cnn(-c3ccc(Cl)c(Br)c3)c2ncn1CC1(O)CCNCC1. The fraction of sp³-hybridized carbons (Fsp3) is 0.353. The first-order chi connectivity index (χ1) is 12.5. The van der Waals surface area contributed by atoms with E-state index < -0.39 is 5.60 Å². The van der Waals surface area contributed by atoms with Crippen molar-refractivity contribution in [3.63, 3.8) is 0 Å². The van der Waals surface area contributed by atoms with E-state index in [1.165, 1.54) is 17.1 Å². The summed E-state index contributed by atoms with van der Waals surface area (Å²) in [4.78, 5) is 17.2. The minimum absolute atomic E-state index is 0.207. The summed E-state index contributed by atoms with van der Waals surface area (Å²) < 4.78 is 3.81. The Bertz CT molecular complexity index is 1030. The van der Waals surface area contributed by atoms with Crippen LogP contribution in [0.15, 0.2) is 40.0 Å². The van der Waals surface area contributed by atoms with E-state index in [1.807, 2.05) is 12.1 Å². The second-order valence-corrected chi connectivity index (χ2v) is 7.81. The molecule has 3 aromatic rings. The zero-order valence-corrected chi connectivity index (χ0v) is 16.2. The minimum atomic E-state index is -0.887. The Labute approximate surface area is 162 Å². The van der Waals surface area contributed by atoms with Gasteiger partial charge in [-0.2, -0.15) is 5.10 Å². The second kappa shape index (κ2) is 6.77. The summed E-state index contributed by atoms with van der Waals surface area (Å²) in [5, 5.41) is 19.2. The summed E-state index contributed by atoms with van der Waals surface area (Å²) in [6.07, 6.45) is 4.20. The molecule has 1 aromatic carbocycles. The van der Waals surface area contributed by atoms with Gasteiger partial charge in [0.25, 0.3) is 5.56 Å². The molecule has 1 aliphatic heterocycles. The van der Waals surface area contributed by atoms with Crippen molar-refractivity contribution in [2.45, 2.75) is 25.0 Å². The van der Waals surface area contributed by atoms with Crippen molar-refractivity contribution in [3.05, 3.63) is 50.6 Å². The Kier molecular flexibility index (Phi) is 4.60. The zero-order chi connectivity index (χ0) is 18.3. The Morgan fingerprint density at radius 3 is 2.85 bits per heavy atom. The average molecular weight is 439 g/mol. The molecule has 136 valence electrons. The fourth-order valence-corrected chi connectivity index (χ4v) is 3.72. The highest BCUT2D eigenvalue weighted by Crippen LogP contribution is 2.26. The van der Waals surface area contributed by atoms with E-state index in [2.05, 4.69) is 31.3 Å². The molecule has 0 aliphatic carbocycles. The van der Waals surface area contributed by atoms with Crippen LogP contribution in [0.1, 0.15) is 12.8 Å². The van der Waals surface area contributed by atoms with Gasteiger partial charge in [0.1, 0.15) is 11.7 Å². The molecule has 7 nitrogen and oxygen atoms in total. The molecule has 2 aromatic heterocycles. The molecule has 0 atom stereocenters. The smallest absolute Gasteiger partial charge is 0.264 e. The molecule has 1 saturated heterocycles. The van der Waals surface area contributed by atoms with Crippen LogP contribution in [0.4, 0.5) is 0 Å². The largest absolute Gasteiger partial charge is 0.388 e. The minimum Gasteiger partial charge on any atom is -0.388 e. The summed E-state index contributed by atoms with van der Waals surface area (Å²) in [7, 11) is 0. The van der Waals surface area contributed by atoms with E-state index in [9.17, 15) is 9.90 Å². The van der Waals surface area contributed by atoms with Gasteiger partial charge in [0.15, 0.2) is 5.65 Å². The van der Waals surface area contributed by atoms with Gasteiger partial charge in [-0.1, -0.05) is 11.6 Å². The number of piperidine rings is 1. The van der Waals surface area contributed by atoms with E-state index in [0.29, 0.717) is 28.9 Å². The Morgan fingerprint density at radius 1 is 1.35 bits per heavy atom. The van der Waals surface area contributed by atoms with Crippen LogP contribution in [0.5, 0.6) is 0 Å². The fourth-order valence-electron chi connectivity index (χ4n) is 3.23. The van der Waals surface area contributed by atoms with Gasteiger partial charge in [-0.3, -0.25) is 9.36 Å². The zero-order valence-electron chi connectivity index (χ0n) is 13.8. The van der Waals surface area contributed by atoms with Crippen LogP contribution in [0, 0.1) is 0 Å². The highest BCUT2D eigenvalue weighted by molar-refractivity contribution is 9.10. The normalized spacial score (nSPS) is 16.9. The van der Waals surface area contributed by atoms with Crippen LogP contribution in [0.2, 0.25) is 5.02 Å². The highest BCUT2D eigenvalue weighted by atomic mass is 79.9. The first kappa shape index (κ1) is 17.7. The number of fused-ring (bicyclic) bond motifs is 1. The van der Waals surface area contributed by atoms with E-state index in [0.717, 1.165) is 23.2 Å². The molecule has 1 aliphatic rings. The van der Waals surface area contributed by atoms with Crippen molar-refractivity contribution >= 4 is 38.6 Å². The molecule has 4 rings (SSSR count). The molecule has 26 heavy (non-hydrogen) atoms. The topological polar surface area (TPSA) is 85.0 Å². The van der Waals surface area contributed by atoms with E-state index in [-0.39, 0.29) is 12.1 Å². The molecule has 1 fully saturated rings. The maximum absolute atomic E-state index is 12.8. The van der Waals surface area contributed by atoms with Gasteiger partial charge < -0.3 is 10.4 Å². The molecule has 0 radical (unpaired) electrons. The number of benzene rings is 1. The quantitative estimate of drug-likeness (QED) is 0.654.